The zero-order valence-corrected chi connectivity index (χ0v) is 16.9. The van der Waals surface area contributed by atoms with Crippen molar-refractivity contribution in [2.24, 2.45) is 0 Å². The Bertz CT molecular complexity index is 1220. The first-order valence-corrected chi connectivity index (χ1v) is 10.4. The van der Waals surface area contributed by atoms with Gasteiger partial charge in [-0.1, -0.05) is 24.3 Å². The Hall–Kier alpha value is -2.86. The van der Waals surface area contributed by atoms with Crippen LogP contribution in [0.2, 0.25) is 0 Å². The summed E-state index contributed by atoms with van der Waals surface area (Å²) in [7, 11) is 0. The lowest BCUT2D eigenvalue weighted by atomic mass is 10.1. The summed E-state index contributed by atoms with van der Waals surface area (Å²) < 4.78 is 9.64. The van der Waals surface area contributed by atoms with E-state index >= 15 is 0 Å². The van der Waals surface area contributed by atoms with E-state index in [1.807, 2.05) is 34.9 Å². The van der Waals surface area contributed by atoms with Crippen LogP contribution in [0.5, 0.6) is 0 Å². The standard InChI is InChI=1S/C23H26N4O2/c1-16(2)26-19-10-4-3-9-18(19)24-22(26)15-25-13-7-8-17(14-25)27-20-11-5-6-12-21(20)29-23(27)28/h3-6,9-12,16-17H,7-8,13-15H2,1-2H3. The van der Waals surface area contributed by atoms with Gasteiger partial charge in [-0.2, -0.15) is 0 Å². The molecule has 0 radical (unpaired) electrons. The van der Waals surface area contributed by atoms with Crippen molar-refractivity contribution < 1.29 is 4.42 Å². The summed E-state index contributed by atoms with van der Waals surface area (Å²) >= 11 is 0. The Morgan fingerprint density at radius 2 is 1.86 bits per heavy atom. The maximum atomic E-state index is 12.5. The maximum absolute atomic E-state index is 12.5. The van der Waals surface area contributed by atoms with Crippen LogP contribution in [0.15, 0.2) is 57.7 Å². The molecule has 6 nitrogen and oxygen atoms in total. The van der Waals surface area contributed by atoms with Crippen LogP contribution in [0.25, 0.3) is 22.1 Å². The first-order valence-electron chi connectivity index (χ1n) is 10.4. The predicted molar refractivity (Wildman–Crippen MR) is 114 cm³/mol. The van der Waals surface area contributed by atoms with Crippen molar-refractivity contribution in [1.82, 2.24) is 19.0 Å². The molecule has 0 N–H and O–H groups in total. The minimum Gasteiger partial charge on any atom is -0.408 e. The van der Waals surface area contributed by atoms with Gasteiger partial charge < -0.3 is 8.98 Å². The van der Waals surface area contributed by atoms with E-state index < -0.39 is 0 Å². The zero-order chi connectivity index (χ0) is 20.0. The van der Waals surface area contributed by atoms with Gasteiger partial charge in [0.2, 0.25) is 0 Å². The summed E-state index contributed by atoms with van der Waals surface area (Å²) in [6, 6.07) is 16.5. The molecule has 0 spiro atoms. The highest BCUT2D eigenvalue weighted by atomic mass is 16.4. The van der Waals surface area contributed by atoms with Gasteiger partial charge in [-0.25, -0.2) is 9.78 Å². The van der Waals surface area contributed by atoms with Crippen LogP contribution in [-0.4, -0.2) is 32.1 Å². The van der Waals surface area contributed by atoms with Gasteiger partial charge in [0.25, 0.3) is 0 Å². The molecule has 1 saturated heterocycles. The summed E-state index contributed by atoms with van der Waals surface area (Å²) in [6.07, 6.45) is 2.04. The molecule has 5 rings (SSSR count). The molecule has 0 saturated carbocycles. The Morgan fingerprint density at radius 3 is 2.69 bits per heavy atom. The smallest absolute Gasteiger partial charge is 0.408 e. The van der Waals surface area contributed by atoms with E-state index in [9.17, 15) is 4.79 Å². The lowest BCUT2D eigenvalue weighted by Gasteiger charge is -2.33. The first-order chi connectivity index (χ1) is 14.1. The Morgan fingerprint density at radius 1 is 1.10 bits per heavy atom. The van der Waals surface area contributed by atoms with E-state index in [0.717, 1.165) is 49.3 Å². The molecule has 1 fully saturated rings. The molecule has 1 atom stereocenters. The van der Waals surface area contributed by atoms with E-state index in [0.29, 0.717) is 11.6 Å². The fourth-order valence-corrected chi connectivity index (χ4v) is 4.70. The molecule has 0 aliphatic carbocycles. The Labute approximate surface area is 169 Å². The highest BCUT2D eigenvalue weighted by Crippen LogP contribution is 2.27. The topological polar surface area (TPSA) is 56.2 Å². The zero-order valence-electron chi connectivity index (χ0n) is 16.9. The van der Waals surface area contributed by atoms with E-state index in [-0.39, 0.29) is 11.8 Å². The van der Waals surface area contributed by atoms with Crippen molar-refractivity contribution >= 4 is 22.1 Å². The van der Waals surface area contributed by atoms with Gasteiger partial charge in [0, 0.05) is 12.6 Å². The molecule has 1 aliphatic rings. The summed E-state index contributed by atoms with van der Waals surface area (Å²) in [6.45, 7) is 7.03. The lowest BCUT2D eigenvalue weighted by Crippen LogP contribution is -2.39. The molecular formula is C23H26N4O2. The quantitative estimate of drug-likeness (QED) is 0.519. The van der Waals surface area contributed by atoms with Crippen molar-refractivity contribution in [3.63, 3.8) is 0 Å². The maximum Gasteiger partial charge on any atom is 0.420 e. The van der Waals surface area contributed by atoms with Gasteiger partial charge in [-0.15, -0.1) is 0 Å². The van der Waals surface area contributed by atoms with Crippen molar-refractivity contribution in [2.45, 2.75) is 45.3 Å². The number of piperidine rings is 1. The molecule has 1 aliphatic heterocycles. The monoisotopic (exact) mass is 390 g/mol. The summed E-state index contributed by atoms with van der Waals surface area (Å²) in [5, 5.41) is 0. The van der Waals surface area contributed by atoms with Crippen LogP contribution in [-0.2, 0) is 6.54 Å². The number of para-hydroxylation sites is 4. The molecule has 150 valence electrons. The second-order valence-corrected chi connectivity index (χ2v) is 8.22. The summed E-state index contributed by atoms with van der Waals surface area (Å²) in [4.78, 5) is 19.9. The largest absolute Gasteiger partial charge is 0.420 e. The van der Waals surface area contributed by atoms with E-state index in [1.165, 1.54) is 5.52 Å². The second kappa shape index (κ2) is 7.19. The number of likely N-dealkylation sites (tertiary alicyclic amines) is 1. The van der Waals surface area contributed by atoms with Crippen LogP contribution in [0, 0.1) is 0 Å². The number of nitrogens with zero attached hydrogens (tertiary/aromatic N) is 4. The SMILES string of the molecule is CC(C)n1c(CN2CCCC(n3c(=O)oc4ccccc43)C2)nc2ccccc21. The minimum absolute atomic E-state index is 0.122. The predicted octanol–water partition coefficient (Wildman–Crippen LogP) is 4.36. The average Bonchev–Trinajstić information content (AvgIpc) is 3.24. The number of benzene rings is 2. The highest BCUT2D eigenvalue weighted by Gasteiger charge is 2.26. The van der Waals surface area contributed by atoms with Crippen LogP contribution in [0.4, 0.5) is 0 Å². The first kappa shape index (κ1) is 18.2. The molecule has 6 heteroatoms. The number of aromatic nitrogens is 3. The van der Waals surface area contributed by atoms with Gasteiger partial charge in [-0.05, 0) is 57.5 Å². The normalized spacial score (nSPS) is 18.2. The van der Waals surface area contributed by atoms with Gasteiger partial charge in [-0.3, -0.25) is 9.47 Å². The van der Waals surface area contributed by atoms with Gasteiger partial charge in [0.05, 0.1) is 29.1 Å². The molecular weight excluding hydrogens is 364 g/mol. The summed E-state index contributed by atoms with van der Waals surface area (Å²) in [5.41, 5.74) is 3.78. The number of hydrogen-bond acceptors (Lipinski definition) is 4. The van der Waals surface area contributed by atoms with Crippen LogP contribution in [0.1, 0.15) is 44.6 Å². The fourth-order valence-electron chi connectivity index (χ4n) is 4.70. The highest BCUT2D eigenvalue weighted by molar-refractivity contribution is 5.76. The number of fused-ring (bicyclic) bond motifs is 2. The van der Waals surface area contributed by atoms with Gasteiger partial charge >= 0.3 is 5.76 Å². The third-order valence-electron chi connectivity index (χ3n) is 5.91. The molecule has 0 amide bonds. The van der Waals surface area contributed by atoms with Crippen molar-refractivity contribution in [3.8, 4) is 0 Å². The molecule has 3 heterocycles. The van der Waals surface area contributed by atoms with Crippen molar-refractivity contribution in [2.75, 3.05) is 13.1 Å². The molecule has 4 aromatic rings. The lowest BCUT2D eigenvalue weighted by molar-refractivity contribution is 0.162. The van der Waals surface area contributed by atoms with E-state index in [1.54, 1.807) is 0 Å². The number of hydrogen-bond donors (Lipinski definition) is 0. The van der Waals surface area contributed by atoms with Crippen molar-refractivity contribution in [1.29, 1.82) is 0 Å². The van der Waals surface area contributed by atoms with Crippen LogP contribution in [0.3, 0.4) is 0 Å². The van der Waals surface area contributed by atoms with Crippen LogP contribution < -0.4 is 5.76 Å². The van der Waals surface area contributed by atoms with E-state index in [4.69, 9.17) is 9.40 Å². The number of oxazole rings is 1. The minimum atomic E-state index is -0.257. The number of imidazole rings is 1. The summed E-state index contributed by atoms with van der Waals surface area (Å²) in [5.74, 6) is 0.832. The molecule has 2 aromatic heterocycles. The van der Waals surface area contributed by atoms with Crippen molar-refractivity contribution in [3.05, 3.63) is 64.9 Å². The van der Waals surface area contributed by atoms with Gasteiger partial charge in [0.1, 0.15) is 5.82 Å². The Kier molecular flexibility index (Phi) is 4.51. The third kappa shape index (κ3) is 3.17. The average molecular weight is 390 g/mol. The Balaban J connectivity index is 1.45. The fraction of sp³-hybridized carbons (Fsp3) is 0.391. The van der Waals surface area contributed by atoms with E-state index in [2.05, 4.69) is 41.5 Å². The second-order valence-electron chi connectivity index (χ2n) is 8.22. The van der Waals surface area contributed by atoms with Crippen LogP contribution >= 0.6 is 0 Å². The van der Waals surface area contributed by atoms with Gasteiger partial charge in [0.15, 0.2) is 5.58 Å². The molecule has 2 aromatic carbocycles. The molecule has 0 bridgehead atoms. The third-order valence-corrected chi connectivity index (χ3v) is 5.91. The molecule has 29 heavy (non-hydrogen) atoms. The number of rotatable bonds is 4. The molecule has 1 unspecified atom stereocenters.